The Labute approximate surface area is 94.3 Å². The van der Waals surface area contributed by atoms with Gasteiger partial charge in [-0.15, -0.1) is 0 Å². The SMILES string of the molecule is Cc1[nH]c2c(F)ccc(Br)c2c(=O)c1C. The zero-order chi connectivity index (χ0) is 11.2. The fourth-order valence-electron chi connectivity index (χ4n) is 1.54. The molecule has 0 atom stereocenters. The number of hydrogen-bond donors (Lipinski definition) is 1. The number of benzene rings is 1. The van der Waals surface area contributed by atoms with Crippen molar-refractivity contribution in [2.45, 2.75) is 13.8 Å². The molecule has 0 unspecified atom stereocenters. The van der Waals surface area contributed by atoms with Crippen molar-refractivity contribution in [1.29, 1.82) is 0 Å². The van der Waals surface area contributed by atoms with E-state index in [9.17, 15) is 9.18 Å². The number of rotatable bonds is 0. The molecule has 0 amide bonds. The third kappa shape index (κ3) is 1.49. The molecule has 0 aliphatic heterocycles. The first-order valence-electron chi connectivity index (χ1n) is 4.49. The van der Waals surface area contributed by atoms with E-state index < -0.39 is 5.82 Å². The second-order valence-corrected chi connectivity index (χ2v) is 4.34. The summed E-state index contributed by atoms with van der Waals surface area (Å²) in [7, 11) is 0. The average Bonchev–Trinajstić information content (AvgIpc) is 2.20. The van der Waals surface area contributed by atoms with Gasteiger partial charge in [-0.05, 0) is 41.9 Å². The molecule has 2 aromatic rings. The van der Waals surface area contributed by atoms with E-state index in [-0.39, 0.29) is 10.9 Å². The largest absolute Gasteiger partial charge is 0.356 e. The maximum absolute atomic E-state index is 13.5. The molecule has 0 aliphatic carbocycles. The lowest BCUT2D eigenvalue weighted by molar-refractivity contribution is 0.636. The van der Waals surface area contributed by atoms with Gasteiger partial charge in [-0.3, -0.25) is 4.79 Å². The molecule has 15 heavy (non-hydrogen) atoms. The first-order chi connectivity index (χ1) is 7.02. The fourth-order valence-corrected chi connectivity index (χ4v) is 2.05. The normalized spacial score (nSPS) is 10.9. The first-order valence-corrected chi connectivity index (χ1v) is 5.29. The minimum absolute atomic E-state index is 0.132. The molecule has 0 saturated carbocycles. The van der Waals surface area contributed by atoms with Crippen molar-refractivity contribution in [2.24, 2.45) is 0 Å². The van der Waals surface area contributed by atoms with E-state index >= 15 is 0 Å². The number of aromatic amines is 1. The van der Waals surface area contributed by atoms with Gasteiger partial charge in [0.15, 0.2) is 5.43 Å². The predicted octanol–water partition coefficient (Wildman–Crippen LogP) is 3.05. The molecule has 1 heterocycles. The van der Waals surface area contributed by atoms with E-state index in [0.717, 1.165) is 0 Å². The predicted molar refractivity (Wildman–Crippen MR) is 61.7 cm³/mol. The van der Waals surface area contributed by atoms with Crippen molar-refractivity contribution in [1.82, 2.24) is 4.98 Å². The average molecular weight is 270 g/mol. The van der Waals surface area contributed by atoms with Gasteiger partial charge < -0.3 is 4.98 Å². The van der Waals surface area contributed by atoms with Gasteiger partial charge in [-0.1, -0.05) is 0 Å². The monoisotopic (exact) mass is 269 g/mol. The van der Waals surface area contributed by atoms with E-state index in [0.29, 0.717) is 21.1 Å². The highest BCUT2D eigenvalue weighted by atomic mass is 79.9. The summed E-state index contributed by atoms with van der Waals surface area (Å²) in [4.78, 5) is 14.8. The van der Waals surface area contributed by atoms with Crippen LogP contribution in [0.15, 0.2) is 21.4 Å². The second kappa shape index (κ2) is 3.45. The molecule has 78 valence electrons. The number of fused-ring (bicyclic) bond motifs is 1. The molecule has 2 rings (SSSR count). The van der Waals surface area contributed by atoms with Crippen molar-refractivity contribution in [3.8, 4) is 0 Å². The van der Waals surface area contributed by atoms with Crippen LogP contribution in [-0.4, -0.2) is 4.98 Å². The van der Waals surface area contributed by atoms with Crippen LogP contribution in [0.2, 0.25) is 0 Å². The molecule has 0 fully saturated rings. The van der Waals surface area contributed by atoms with Crippen LogP contribution in [0.3, 0.4) is 0 Å². The van der Waals surface area contributed by atoms with Crippen LogP contribution >= 0.6 is 15.9 Å². The van der Waals surface area contributed by atoms with Crippen LogP contribution in [0.4, 0.5) is 4.39 Å². The quantitative estimate of drug-likeness (QED) is 0.784. The van der Waals surface area contributed by atoms with Crippen LogP contribution in [0, 0.1) is 19.7 Å². The standard InChI is InChI=1S/C11H9BrFNO/c1-5-6(2)14-10-8(13)4-3-7(12)9(10)11(5)15/h3-4H,1-2H3,(H,14,15). The number of halogens is 2. The van der Waals surface area contributed by atoms with Crippen LogP contribution < -0.4 is 5.43 Å². The fraction of sp³-hybridized carbons (Fsp3) is 0.182. The van der Waals surface area contributed by atoms with Crippen molar-refractivity contribution < 1.29 is 4.39 Å². The molecule has 1 N–H and O–H groups in total. The van der Waals surface area contributed by atoms with Crippen LogP contribution in [0.5, 0.6) is 0 Å². The molecule has 0 saturated heterocycles. The summed E-state index contributed by atoms with van der Waals surface area (Å²) in [6, 6.07) is 2.87. The molecule has 0 aliphatic rings. The minimum Gasteiger partial charge on any atom is -0.356 e. The Hall–Kier alpha value is -1.16. The Kier molecular flexibility index (Phi) is 2.38. The number of aromatic nitrogens is 1. The van der Waals surface area contributed by atoms with E-state index in [1.165, 1.54) is 6.07 Å². The molecular weight excluding hydrogens is 261 g/mol. The smallest absolute Gasteiger partial charge is 0.193 e. The lowest BCUT2D eigenvalue weighted by Crippen LogP contribution is -2.10. The van der Waals surface area contributed by atoms with Gasteiger partial charge >= 0.3 is 0 Å². The molecule has 0 radical (unpaired) electrons. The third-order valence-corrected chi connectivity index (χ3v) is 3.21. The van der Waals surface area contributed by atoms with Gasteiger partial charge in [0, 0.05) is 15.7 Å². The molecule has 4 heteroatoms. The van der Waals surface area contributed by atoms with Crippen LogP contribution in [-0.2, 0) is 0 Å². The Morgan fingerprint density at radius 2 is 2.00 bits per heavy atom. The number of nitrogens with one attached hydrogen (secondary N) is 1. The number of aryl methyl sites for hydroxylation is 1. The summed E-state index contributed by atoms with van der Waals surface area (Å²) in [5, 5.41) is 0.373. The van der Waals surface area contributed by atoms with E-state index in [4.69, 9.17) is 0 Å². The summed E-state index contributed by atoms with van der Waals surface area (Å²) >= 11 is 3.25. The summed E-state index contributed by atoms with van der Waals surface area (Å²) in [5.41, 5.74) is 1.45. The van der Waals surface area contributed by atoms with E-state index in [1.54, 1.807) is 19.9 Å². The Morgan fingerprint density at radius 1 is 1.33 bits per heavy atom. The van der Waals surface area contributed by atoms with Crippen molar-refractivity contribution in [3.05, 3.63) is 43.9 Å². The zero-order valence-corrected chi connectivity index (χ0v) is 9.90. The molecule has 1 aromatic carbocycles. The van der Waals surface area contributed by atoms with Gasteiger partial charge in [0.2, 0.25) is 0 Å². The Bertz CT molecular complexity index is 604. The highest BCUT2D eigenvalue weighted by molar-refractivity contribution is 9.10. The summed E-state index contributed by atoms with van der Waals surface area (Å²) in [6.45, 7) is 3.49. The number of H-pyrrole nitrogens is 1. The highest BCUT2D eigenvalue weighted by Crippen LogP contribution is 2.22. The molecule has 1 aromatic heterocycles. The van der Waals surface area contributed by atoms with Crippen LogP contribution in [0.1, 0.15) is 11.3 Å². The van der Waals surface area contributed by atoms with Crippen molar-refractivity contribution in [2.75, 3.05) is 0 Å². The number of hydrogen-bond acceptors (Lipinski definition) is 1. The maximum Gasteiger partial charge on any atom is 0.193 e. The van der Waals surface area contributed by atoms with Gasteiger partial charge in [0.25, 0.3) is 0 Å². The zero-order valence-electron chi connectivity index (χ0n) is 8.32. The molecule has 2 nitrogen and oxygen atoms in total. The summed E-state index contributed by atoms with van der Waals surface area (Å²) in [5.74, 6) is -0.409. The Balaban J connectivity index is 3.12. The minimum atomic E-state index is -0.409. The molecule has 0 spiro atoms. The van der Waals surface area contributed by atoms with Gasteiger partial charge in [0.05, 0.1) is 10.9 Å². The maximum atomic E-state index is 13.5. The lowest BCUT2D eigenvalue weighted by Gasteiger charge is -2.06. The third-order valence-electron chi connectivity index (χ3n) is 2.55. The van der Waals surface area contributed by atoms with Gasteiger partial charge in [-0.2, -0.15) is 0 Å². The number of pyridine rings is 1. The van der Waals surface area contributed by atoms with Crippen molar-refractivity contribution >= 4 is 26.8 Å². The molecular formula is C11H9BrFNO. The topological polar surface area (TPSA) is 32.9 Å². The first kappa shape index (κ1) is 10.4. The highest BCUT2D eigenvalue weighted by Gasteiger charge is 2.11. The summed E-state index contributed by atoms with van der Waals surface area (Å²) in [6.07, 6.45) is 0. The molecule has 0 bridgehead atoms. The van der Waals surface area contributed by atoms with E-state index in [1.807, 2.05) is 0 Å². The van der Waals surface area contributed by atoms with E-state index in [2.05, 4.69) is 20.9 Å². The van der Waals surface area contributed by atoms with Gasteiger partial charge in [-0.25, -0.2) is 4.39 Å². The summed E-state index contributed by atoms with van der Waals surface area (Å²) < 4.78 is 14.1. The Morgan fingerprint density at radius 3 is 2.67 bits per heavy atom. The van der Waals surface area contributed by atoms with Crippen LogP contribution in [0.25, 0.3) is 10.9 Å². The lowest BCUT2D eigenvalue weighted by atomic mass is 10.1. The van der Waals surface area contributed by atoms with Crippen molar-refractivity contribution in [3.63, 3.8) is 0 Å². The second-order valence-electron chi connectivity index (χ2n) is 3.48. The van der Waals surface area contributed by atoms with Gasteiger partial charge in [0.1, 0.15) is 5.82 Å².